The molecular weight excluding hydrogens is 328 g/mol. The molecule has 136 valence electrons. The number of benzene rings is 2. The highest BCUT2D eigenvalue weighted by atomic mass is 16.5. The molecule has 0 aliphatic carbocycles. The van der Waals surface area contributed by atoms with Crippen molar-refractivity contribution in [2.24, 2.45) is 0 Å². The van der Waals surface area contributed by atoms with Gasteiger partial charge in [0.05, 0.1) is 0 Å². The van der Waals surface area contributed by atoms with Gasteiger partial charge in [-0.2, -0.15) is 0 Å². The van der Waals surface area contributed by atoms with Crippen LogP contribution in [0.2, 0.25) is 0 Å². The molecular formula is C21H24N2O3. The van der Waals surface area contributed by atoms with Crippen molar-refractivity contribution < 1.29 is 14.3 Å². The second kappa shape index (κ2) is 9.42. The highest BCUT2D eigenvalue weighted by Crippen LogP contribution is 2.25. The highest BCUT2D eigenvalue weighted by Gasteiger charge is 2.09. The van der Waals surface area contributed by atoms with Gasteiger partial charge in [0.15, 0.2) is 6.61 Å². The molecule has 0 aliphatic heterocycles. The minimum Gasteiger partial charge on any atom is -0.483 e. The minimum atomic E-state index is -0.430. The van der Waals surface area contributed by atoms with Crippen LogP contribution >= 0.6 is 0 Å². The van der Waals surface area contributed by atoms with Crippen LogP contribution in [0, 0.1) is 6.92 Å². The Morgan fingerprint density at radius 1 is 1.04 bits per heavy atom. The third kappa shape index (κ3) is 6.09. The van der Waals surface area contributed by atoms with Crippen molar-refractivity contribution >= 4 is 17.9 Å². The summed E-state index contributed by atoms with van der Waals surface area (Å²) in [6, 6.07) is 15.3. The van der Waals surface area contributed by atoms with Gasteiger partial charge in [-0.25, -0.2) is 0 Å². The Hall–Kier alpha value is -3.08. The smallest absolute Gasteiger partial charge is 0.276 e. The quantitative estimate of drug-likeness (QED) is 0.619. The van der Waals surface area contributed by atoms with E-state index in [1.54, 1.807) is 6.08 Å². The van der Waals surface area contributed by atoms with Crippen LogP contribution in [0.5, 0.6) is 5.75 Å². The maximum atomic E-state index is 11.8. The molecule has 0 atom stereocenters. The van der Waals surface area contributed by atoms with E-state index in [9.17, 15) is 9.59 Å². The molecule has 2 rings (SSSR count). The summed E-state index contributed by atoms with van der Waals surface area (Å²) in [5.41, 5.74) is 7.76. The van der Waals surface area contributed by atoms with Crippen LogP contribution in [0.15, 0.2) is 54.6 Å². The molecule has 2 amide bonds. The lowest BCUT2D eigenvalue weighted by Crippen LogP contribution is -2.43. The Labute approximate surface area is 154 Å². The minimum absolute atomic E-state index is 0.175. The number of hydrazine groups is 1. The van der Waals surface area contributed by atoms with E-state index in [0.717, 1.165) is 16.7 Å². The maximum Gasteiger partial charge on any atom is 0.276 e. The van der Waals surface area contributed by atoms with Gasteiger partial charge in [-0.05, 0) is 36.1 Å². The molecule has 2 N–H and O–H groups in total. The molecule has 0 spiro atoms. The second-order valence-electron chi connectivity index (χ2n) is 6.26. The van der Waals surface area contributed by atoms with Crippen LogP contribution in [0.1, 0.15) is 36.5 Å². The van der Waals surface area contributed by atoms with Crippen molar-refractivity contribution in [3.05, 3.63) is 71.3 Å². The molecule has 0 bridgehead atoms. The first-order valence-electron chi connectivity index (χ1n) is 8.51. The number of carbonyl (C=O) groups is 2. The SMILES string of the molecule is Cc1ccc(/C=C/C(=O)NNC(=O)COc2ccccc2C(C)C)cc1. The molecule has 5 heteroatoms. The van der Waals surface area contributed by atoms with Gasteiger partial charge in [0.25, 0.3) is 11.8 Å². The highest BCUT2D eigenvalue weighted by molar-refractivity contribution is 5.93. The van der Waals surface area contributed by atoms with Gasteiger partial charge in [0.2, 0.25) is 0 Å². The molecule has 0 unspecified atom stereocenters. The number of hydrogen-bond donors (Lipinski definition) is 2. The van der Waals surface area contributed by atoms with Crippen LogP contribution in [0.4, 0.5) is 0 Å². The zero-order valence-corrected chi connectivity index (χ0v) is 15.3. The first-order chi connectivity index (χ1) is 12.5. The van der Waals surface area contributed by atoms with E-state index >= 15 is 0 Å². The molecule has 0 heterocycles. The Morgan fingerprint density at radius 2 is 1.73 bits per heavy atom. The van der Waals surface area contributed by atoms with Gasteiger partial charge in [-0.1, -0.05) is 61.9 Å². The Bertz CT molecular complexity index is 780. The summed E-state index contributed by atoms with van der Waals surface area (Å²) in [4.78, 5) is 23.6. The molecule has 0 saturated carbocycles. The molecule has 26 heavy (non-hydrogen) atoms. The second-order valence-corrected chi connectivity index (χ2v) is 6.26. The summed E-state index contributed by atoms with van der Waals surface area (Å²) < 4.78 is 5.55. The Kier molecular flexibility index (Phi) is 6.97. The van der Waals surface area contributed by atoms with E-state index < -0.39 is 11.8 Å². The molecule has 0 aromatic heterocycles. The average Bonchev–Trinajstić information content (AvgIpc) is 2.64. The summed E-state index contributed by atoms with van der Waals surface area (Å²) in [5.74, 6) is 0.117. The first kappa shape index (κ1) is 19.2. The molecule has 0 saturated heterocycles. The molecule has 5 nitrogen and oxygen atoms in total. The van der Waals surface area contributed by atoms with Crippen LogP contribution < -0.4 is 15.6 Å². The van der Waals surface area contributed by atoms with Crippen molar-refractivity contribution in [1.82, 2.24) is 10.9 Å². The number of amides is 2. The number of ether oxygens (including phenoxy) is 1. The largest absolute Gasteiger partial charge is 0.483 e. The van der Waals surface area contributed by atoms with Gasteiger partial charge < -0.3 is 4.74 Å². The standard InChI is InChI=1S/C21H24N2O3/c1-15(2)18-6-4-5-7-19(18)26-14-21(25)23-22-20(24)13-12-17-10-8-16(3)9-11-17/h4-13,15H,14H2,1-3H3,(H,22,24)(H,23,25)/b13-12+. The number of rotatable bonds is 6. The van der Waals surface area contributed by atoms with Crippen molar-refractivity contribution in [2.75, 3.05) is 6.61 Å². The van der Waals surface area contributed by atoms with E-state index in [2.05, 4.69) is 24.7 Å². The molecule has 2 aromatic rings. The van der Waals surface area contributed by atoms with Gasteiger partial charge in [-0.3, -0.25) is 20.4 Å². The summed E-state index contributed by atoms with van der Waals surface area (Å²) in [7, 11) is 0. The van der Waals surface area contributed by atoms with Crippen LogP contribution in [0.25, 0.3) is 6.08 Å². The predicted molar refractivity (Wildman–Crippen MR) is 103 cm³/mol. The predicted octanol–water partition coefficient (Wildman–Crippen LogP) is 3.36. The lowest BCUT2D eigenvalue weighted by atomic mass is 10.0. The molecule has 0 aliphatic rings. The monoisotopic (exact) mass is 352 g/mol. The van der Waals surface area contributed by atoms with E-state index in [1.165, 1.54) is 6.08 Å². The van der Waals surface area contributed by atoms with E-state index in [-0.39, 0.29) is 6.61 Å². The number of para-hydroxylation sites is 1. The topological polar surface area (TPSA) is 67.4 Å². The summed E-state index contributed by atoms with van der Waals surface area (Å²) in [6.45, 7) is 5.94. The van der Waals surface area contributed by atoms with Crippen molar-refractivity contribution in [3.63, 3.8) is 0 Å². The summed E-state index contributed by atoms with van der Waals surface area (Å²) in [6.07, 6.45) is 3.04. The van der Waals surface area contributed by atoms with Crippen molar-refractivity contribution in [3.8, 4) is 5.75 Å². The third-order valence-corrected chi connectivity index (χ3v) is 3.73. The zero-order chi connectivity index (χ0) is 18.9. The lowest BCUT2D eigenvalue weighted by Gasteiger charge is -2.13. The fourth-order valence-corrected chi connectivity index (χ4v) is 2.29. The normalized spacial score (nSPS) is 10.8. The van der Waals surface area contributed by atoms with Gasteiger partial charge in [0, 0.05) is 6.08 Å². The van der Waals surface area contributed by atoms with Crippen LogP contribution in [-0.2, 0) is 9.59 Å². The average molecular weight is 352 g/mol. The number of carbonyl (C=O) groups excluding carboxylic acids is 2. The summed E-state index contributed by atoms with van der Waals surface area (Å²) >= 11 is 0. The third-order valence-electron chi connectivity index (χ3n) is 3.73. The maximum absolute atomic E-state index is 11.8. The van der Waals surface area contributed by atoms with Gasteiger partial charge >= 0.3 is 0 Å². The van der Waals surface area contributed by atoms with Gasteiger partial charge in [0.1, 0.15) is 5.75 Å². The number of hydrogen-bond acceptors (Lipinski definition) is 3. The molecule has 2 aromatic carbocycles. The number of aryl methyl sites for hydroxylation is 1. The van der Waals surface area contributed by atoms with E-state index in [1.807, 2.05) is 55.5 Å². The van der Waals surface area contributed by atoms with Crippen molar-refractivity contribution in [1.29, 1.82) is 0 Å². The fraction of sp³-hybridized carbons (Fsp3) is 0.238. The lowest BCUT2D eigenvalue weighted by molar-refractivity contribution is -0.128. The number of nitrogens with one attached hydrogen (secondary N) is 2. The van der Waals surface area contributed by atoms with E-state index in [4.69, 9.17) is 4.74 Å². The van der Waals surface area contributed by atoms with E-state index in [0.29, 0.717) is 11.7 Å². The van der Waals surface area contributed by atoms with Crippen LogP contribution in [0.3, 0.4) is 0 Å². The molecule has 0 fully saturated rings. The Morgan fingerprint density at radius 3 is 2.42 bits per heavy atom. The van der Waals surface area contributed by atoms with Crippen LogP contribution in [-0.4, -0.2) is 18.4 Å². The fourth-order valence-electron chi connectivity index (χ4n) is 2.29. The Balaban J connectivity index is 1.78. The van der Waals surface area contributed by atoms with Gasteiger partial charge in [-0.15, -0.1) is 0 Å². The first-order valence-corrected chi connectivity index (χ1v) is 8.51. The summed E-state index contributed by atoms with van der Waals surface area (Å²) in [5, 5.41) is 0. The zero-order valence-electron chi connectivity index (χ0n) is 15.3. The molecule has 0 radical (unpaired) electrons. The van der Waals surface area contributed by atoms with Crippen molar-refractivity contribution in [2.45, 2.75) is 26.7 Å².